The zero-order valence-corrected chi connectivity index (χ0v) is 8.93. The molecule has 0 aliphatic heterocycles. The molecule has 0 saturated heterocycles. The van der Waals surface area contributed by atoms with E-state index in [4.69, 9.17) is 11.6 Å². The van der Waals surface area contributed by atoms with Gasteiger partial charge < -0.3 is 0 Å². The summed E-state index contributed by atoms with van der Waals surface area (Å²) in [6.07, 6.45) is 0. The number of rotatable bonds is 3. The van der Waals surface area contributed by atoms with Gasteiger partial charge in [0.05, 0.1) is 5.75 Å². The van der Waals surface area contributed by atoms with Gasteiger partial charge in [0.2, 0.25) is 0 Å². The first-order chi connectivity index (χ1) is 6.38. The van der Waals surface area contributed by atoms with Crippen molar-refractivity contribution in [2.75, 3.05) is 5.75 Å². The van der Waals surface area contributed by atoms with E-state index in [-0.39, 0.29) is 5.82 Å². The van der Waals surface area contributed by atoms with Crippen molar-refractivity contribution in [1.82, 2.24) is 0 Å². The third-order valence-electron chi connectivity index (χ3n) is 1.53. The Bertz CT molecular complexity index is 322. The first-order valence-electron chi connectivity index (χ1n) is 3.84. The van der Waals surface area contributed by atoms with Crippen LogP contribution in [0, 0.1) is 12.7 Å². The van der Waals surface area contributed by atoms with Crippen LogP contribution in [-0.2, 0) is 0 Å². The van der Waals surface area contributed by atoms with Gasteiger partial charge in [-0.05, 0) is 42.3 Å². The molecule has 1 rings (SSSR count). The molecule has 0 spiro atoms. The number of halogens is 4. The van der Waals surface area contributed by atoms with E-state index in [0.717, 1.165) is 11.8 Å². The fourth-order valence-corrected chi connectivity index (χ4v) is 1.87. The third-order valence-corrected chi connectivity index (χ3v) is 3.10. The fraction of sp³-hybridized carbons (Fsp3) is 0.333. The van der Waals surface area contributed by atoms with Crippen LogP contribution in [0.2, 0.25) is 0 Å². The summed E-state index contributed by atoms with van der Waals surface area (Å²) in [6, 6.07) is 4.01. The van der Waals surface area contributed by atoms with Gasteiger partial charge in [0.15, 0.2) is 0 Å². The van der Waals surface area contributed by atoms with Crippen LogP contribution in [-0.4, -0.2) is 11.1 Å². The molecule has 0 N–H and O–H groups in total. The highest BCUT2D eigenvalue weighted by Crippen LogP contribution is 2.30. The van der Waals surface area contributed by atoms with Crippen LogP contribution in [0.3, 0.4) is 0 Å². The van der Waals surface area contributed by atoms with Crippen LogP contribution in [0.4, 0.5) is 13.2 Å². The van der Waals surface area contributed by atoms with Crippen molar-refractivity contribution in [2.45, 2.75) is 17.2 Å². The lowest BCUT2D eigenvalue weighted by Crippen LogP contribution is -2.08. The van der Waals surface area contributed by atoms with Gasteiger partial charge in [-0.3, -0.25) is 0 Å². The van der Waals surface area contributed by atoms with Gasteiger partial charge in [-0.25, -0.2) is 4.39 Å². The summed E-state index contributed by atoms with van der Waals surface area (Å²) >= 11 is 5.65. The van der Waals surface area contributed by atoms with Gasteiger partial charge >= 0.3 is 5.38 Å². The summed E-state index contributed by atoms with van der Waals surface area (Å²) in [7, 11) is 0. The Hall–Kier alpha value is -0.350. The van der Waals surface area contributed by atoms with Crippen molar-refractivity contribution in [3.05, 3.63) is 29.6 Å². The molecular weight excluding hydrogens is 233 g/mol. The van der Waals surface area contributed by atoms with Crippen molar-refractivity contribution in [1.29, 1.82) is 0 Å². The first-order valence-corrected chi connectivity index (χ1v) is 5.20. The molecule has 0 nitrogen and oxygen atoms in total. The van der Waals surface area contributed by atoms with Gasteiger partial charge in [-0.1, -0.05) is 0 Å². The van der Waals surface area contributed by atoms with E-state index in [0.29, 0.717) is 10.5 Å². The summed E-state index contributed by atoms with van der Waals surface area (Å²) in [5.41, 5.74) is 0.635. The Labute approximate surface area is 89.4 Å². The monoisotopic (exact) mass is 240 g/mol. The molecule has 0 aliphatic rings. The Morgan fingerprint density at radius 2 is 2.07 bits per heavy atom. The minimum absolute atomic E-state index is 0.371. The van der Waals surface area contributed by atoms with Crippen molar-refractivity contribution in [3.8, 4) is 0 Å². The lowest BCUT2D eigenvalue weighted by atomic mass is 10.2. The molecule has 0 aromatic heterocycles. The molecule has 0 bridgehead atoms. The molecule has 0 radical (unpaired) electrons. The summed E-state index contributed by atoms with van der Waals surface area (Å²) in [5.74, 6) is -0.884. The van der Waals surface area contributed by atoms with Crippen LogP contribution >= 0.6 is 23.4 Å². The normalized spacial score (nSPS) is 11.8. The number of aryl methyl sites for hydroxylation is 1. The molecule has 1 aromatic carbocycles. The average Bonchev–Trinajstić information content (AvgIpc) is 2.00. The molecule has 5 heteroatoms. The van der Waals surface area contributed by atoms with Crippen molar-refractivity contribution in [2.24, 2.45) is 0 Å². The molecule has 0 aliphatic carbocycles. The van der Waals surface area contributed by atoms with E-state index in [1.165, 1.54) is 18.2 Å². The van der Waals surface area contributed by atoms with Gasteiger partial charge in [0.1, 0.15) is 5.82 Å². The smallest absolute Gasteiger partial charge is 0.207 e. The van der Waals surface area contributed by atoms with Gasteiger partial charge in [-0.15, -0.1) is 11.8 Å². The largest absolute Gasteiger partial charge is 0.330 e. The van der Waals surface area contributed by atoms with Crippen LogP contribution in [0.25, 0.3) is 0 Å². The van der Waals surface area contributed by atoms with Crippen LogP contribution in [0.1, 0.15) is 5.56 Å². The number of benzene rings is 1. The Balaban J connectivity index is 2.68. The van der Waals surface area contributed by atoms with E-state index in [2.05, 4.69) is 0 Å². The van der Waals surface area contributed by atoms with E-state index in [1.807, 2.05) is 0 Å². The number of alkyl halides is 3. The molecule has 0 fully saturated rings. The Kier molecular flexibility index (Phi) is 3.72. The summed E-state index contributed by atoms with van der Waals surface area (Å²) in [5, 5.41) is -3.22. The summed E-state index contributed by atoms with van der Waals surface area (Å²) < 4.78 is 37.2. The highest BCUT2D eigenvalue weighted by Gasteiger charge is 2.24. The van der Waals surface area contributed by atoms with Gasteiger partial charge in [-0.2, -0.15) is 8.78 Å². The van der Waals surface area contributed by atoms with E-state index >= 15 is 0 Å². The predicted octanol–water partition coefficient (Wildman–Crippen LogP) is 4.06. The summed E-state index contributed by atoms with van der Waals surface area (Å²) in [6.45, 7) is 1.66. The predicted molar refractivity (Wildman–Crippen MR) is 52.7 cm³/mol. The molecule has 0 heterocycles. The molecule has 0 atom stereocenters. The third kappa shape index (κ3) is 3.80. The Morgan fingerprint density at radius 1 is 1.43 bits per heavy atom. The zero-order chi connectivity index (χ0) is 10.8. The highest BCUT2D eigenvalue weighted by atomic mass is 35.5. The molecule has 78 valence electrons. The van der Waals surface area contributed by atoms with Gasteiger partial charge in [0.25, 0.3) is 0 Å². The standard InChI is InChI=1S/C9H8ClF3S/c1-6-4-7(11)2-3-8(6)14-5-9(10,12)13/h2-4H,5H2,1H3. The summed E-state index contributed by atoms with van der Waals surface area (Å²) in [4.78, 5) is 0.617. The molecule has 14 heavy (non-hydrogen) atoms. The van der Waals surface area contributed by atoms with Crippen molar-refractivity contribution in [3.63, 3.8) is 0 Å². The second-order valence-electron chi connectivity index (χ2n) is 2.81. The maximum absolute atomic E-state index is 12.6. The topological polar surface area (TPSA) is 0 Å². The second-order valence-corrected chi connectivity index (χ2v) is 4.38. The first kappa shape index (κ1) is 11.7. The number of hydrogen-bond donors (Lipinski definition) is 0. The minimum atomic E-state index is -3.22. The molecule has 0 saturated carbocycles. The Morgan fingerprint density at radius 3 is 2.57 bits per heavy atom. The molecule has 0 amide bonds. The van der Waals surface area contributed by atoms with Crippen LogP contribution in [0.5, 0.6) is 0 Å². The molecule has 1 aromatic rings. The number of thioether (sulfide) groups is 1. The van der Waals surface area contributed by atoms with Gasteiger partial charge in [0, 0.05) is 4.90 Å². The maximum atomic E-state index is 12.6. The van der Waals surface area contributed by atoms with E-state index in [1.54, 1.807) is 6.92 Å². The average molecular weight is 241 g/mol. The zero-order valence-electron chi connectivity index (χ0n) is 7.36. The van der Waals surface area contributed by atoms with Crippen LogP contribution < -0.4 is 0 Å². The van der Waals surface area contributed by atoms with Crippen LogP contribution in [0.15, 0.2) is 23.1 Å². The molecular formula is C9H8ClF3S. The van der Waals surface area contributed by atoms with E-state index in [9.17, 15) is 13.2 Å². The minimum Gasteiger partial charge on any atom is -0.207 e. The quantitative estimate of drug-likeness (QED) is 0.567. The maximum Gasteiger partial charge on any atom is 0.330 e. The molecule has 0 unspecified atom stereocenters. The fourth-order valence-electron chi connectivity index (χ4n) is 0.934. The van der Waals surface area contributed by atoms with E-state index < -0.39 is 11.1 Å². The lowest BCUT2D eigenvalue weighted by Gasteiger charge is -2.08. The number of hydrogen-bond acceptors (Lipinski definition) is 1. The van der Waals surface area contributed by atoms with Crippen molar-refractivity contribution >= 4 is 23.4 Å². The van der Waals surface area contributed by atoms with Crippen molar-refractivity contribution < 1.29 is 13.2 Å². The highest BCUT2D eigenvalue weighted by molar-refractivity contribution is 7.99. The SMILES string of the molecule is Cc1cc(F)ccc1SCC(F)(F)Cl. The lowest BCUT2D eigenvalue weighted by molar-refractivity contribution is 0.125. The second kappa shape index (κ2) is 4.45.